The number of fused-ring (bicyclic) bond motifs is 7. The van der Waals surface area contributed by atoms with Gasteiger partial charge in [-0.3, -0.25) is 14.4 Å². The molecule has 3 amide bonds. The number of amides is 3. The van der Waals surface area contributed by atoms with Crippen molar-refractivity contribution in [2.75, 3.05) is 26.8 Å². The second kappa shape index (κ2) is 12.5. The van der Waals surface area contributed by atoms with Crippen molar-refractivity contribution in [1.29, 1.82) is 0 Å². The van der Waals surface area contributed by atoms with Gasteiger partial charge in [-0.15, -0.1) is 0 Å². The van der Waals surface area contributed by atoms with Crippen molar-refractivity contribution in [3.8, 4) is 28.4 Å². The smallest absolute Gasteiger partial charge is 0.289 e. The average Bonchev–Trinajstić information content (AvgIpc) is 3.48. The Morgan fingerprint density at radius 2 is 1.86 bits per heavy atom. The lowest BCUT2D eigenvalue weighted by molar-refractivity contribution is -0.123. The van der Waals surface area contributed by atoms with Crippen LogP contribution in [0.25, 0.3) is 11.1 Å². The Morgan fingerprint density at radius 3 is 2.64 bits per heavy atom. The average molecular weight is 596 g/mol. The van der Waals surface area contributed by atoms with Gasteiger partial charge in [-0.1, -0.05) is 24.3 Å². The molecule has 6 bridgehead atoms. The van der Waals surface area contributed by atoms with E-state index in [1.54, 1.807) is 66.4 Å². The molecule has 0 saturated carbocycles. The largest absolute Gasteiger partial charge is 0.496 e. The molecule has 1 aromatic heterocycles. The van der Waals surface area contributed by atoms with E-state index >= 15 is 0 Å². The highest BCUT2D eigenvalue weighted by atomic mass is 16.5. The van der Waals surface area contributed by atoms with Crippen LogP contribution in [0.15, 0.2) is 79.1 Å². The molecular weight excluding hydrogens is 562 g/mol. The molecule has 1 fully saturated rings. The number of piperidine rings is 1. The van der Waals surface area contributed by atoms with Gasteiger partial charge >= 0.3 is 0 Å². The minimum atomic E-state index is -0.507. The quantitative estimate of drug-likeness (QED) is 0.365. The first-order valence-electron chi connectivity index (χ1n) is 14.4. The third-order valence-electron chi connectivity index (χ3n) is 7.84. The van der Waals surface area contributed by atoms with Gasteiger partial charge in [0.05, 0.1) is 13.2 Å². The minimum Gasteiger partial charge on any atom is -0.496 e. The fraction of sp³-hybridized carbons (Fsp3) is 0.273. The van der Waals surface area contributed by atoms with Crippen LogP contribution >= 0.6 is 0 Å². The summed E-state index contributed by atoms with van der Waals surface area (Å²) in [6.07, 6.45) is 3.42. The predicted octanol–water partition coefficient (Wildman–Crippen LogP) is 3.20. The first-order chi connectivity index (χ1) is 21.4. The number of carbonyl (C=O) groups excluding carboxylic acids is 3. The summed E-state index contributed by atoms with van der Waals surface area (Å²) in [5.41, 5.74) is 2.76. The lowest BCUT2D eigenvalue weighted by Gasteiger charge is -2.38. The van der Waals surface area contributed by atoms with Crippen LogP contribution in [0.1, 0.15) is 33.0 Å². The van der Waals surface area contributed by atoms with Gasteiger partial charge in [0, 0.05) is 56.6 Å². The summed E-state index contributed by atoms with van der Waals surface area (Å²) >= 11 is 0. The Kier molecular flexibility index (Phi) is 8.18. The maximum Gasteiger partial charge on any atom is 0.289 e. The summed E-state index contributed by atoms with van der Waals surface area (Å²) in [5, 5.41) is 6.01. The van der Waals surface area contributed by atoms with Gasteiger partial charge in [-0.05, 0) is 53.6 Å². The number of rotatable bonds is 2. The Labute approximate surface area is 254 Å². The Hall–Kier alpha value is -5.32. The van der Waals surface area contributed by atoms with E-state index in [1.165, 1.54) is 0 Å². The summed E-state index contributed by atoms with van der Waals surface area (Å²) in [6, 6.07) is 19.4. The number of nitrogens with zero attached hydrogens (tertiary/aromatic N) is 3. The number of aryl methyl sites for hydroxylation is 1. The van der Waals surface area contributed by atoms with Crippen molar-refractivity contribution < 1.29 is 28.6 Å². The van der Waals surface area contributed by atoms with Gasteiger partial charge in [-0.25, -0.2) is 4.98 Å². The third kappa shape index (κ3) is 6.22. The molecular formula is C33H33N5O6. The van der Waals surface area contributed by atoms with Crippen molar-refractivity contribution in [3.63, 3.8) is 0 Å². The Bertz CT molecular complexity index is 1680. The predicted molar refractivity (Wildman–Crippen MR) is 162 cm³/mol. The molecule has 1 saturated heterocycles. The molecule has 0 spiro atoms. The van der Waals surface area contributed by atoms with E-state index in [1.807, 2.05) is 36.4 Å². The molecule has 0 unspecified atom stereocenters. The number of aromatic nitrogens is 2. The molecule has 11 heteroatoms. The minimum absolute atomic E-state index is 0.146. The van der Waals surface area contributed by atoms with Crippen molar-refractivity contribution in [2.24, 2.45) is 7.05 Å². The maximum absolute atomic E-state index is 13.8. The van der Waals surface area contributed by atoms with Gasteiger partial charge in [0.2, 0.25) is 0 Å². The van der Waals surface area contributed by atoms with Crippen LogP contribution in [0.3, 0.4) is 0 Å². The van der Waals surface area contributed by atoms with E-state index in [0.717, 1.165) is 11.1 Å². The number of methoxy groups -OCH3 is 1. The number of imidazole rings is 1. The number of nitrogens with one attached hydrogen (secondary N) is 2. The molecule has 226 valence electrons. The van der Waals surface area contributed by atoms with E-state index in [0.29, 0.717) is 53.7 Å². The normalized spacial score (nSPS) is 18.6. The standard InChI is InChI=1S/C33H33N5O6/c1-37-15-13-34-31(37)33(41)38-14-12-29-27(19-38)36-32(40)23-8-11-28(42-2)26(17-23)22-4-3-5-25(16-22)43-20-30(39)35-18-21-6-9-24(44-29)10-7-21/h3-11,13,15-17,27,29H,12,14,18-20H2,1-2H3,(H,35,39)(H,36,40)/t27-,29-/m1/s1. The summed E-state index contributed by atoms with van der Waals surface area (Å²) in [4.78, 5) is 45.5. The summed E-state index contributed by atoms with van der Waals surface area (Å²) in [7, 11) is 3.34. The first kappa shape index (κ1) is 28.8. The van der Waals surface area contributed by atoms with Crippen LogP contribution in [-0.4, -0.2) is 71.1 Å². The van der Waals surface area contributed by atoms with Crippen molar-refractivity contribution >= 4 is 17.7 Å². The number of hydrogen-bond donors (Lipinski definition) is 2. The fourth-order valence-electron chi connectivity index (χ4n) is 5.45. The van der Waals surface area contributed by atoms with Gasteiger partial charge < -0.3 is 34.3 Å². The molecule has 11 nitrogen and oxygen atoms in total. The zero-order valence-corrected chi connectivity index (χ0v) is 24.5. The highest BCUT2D eigenvalue weighted by molar-refractivity contribution is 5.96. The monoisotopic (exact) mass is 595 g/mol. The van der Waals surface area contributed by atoms with Crippen LogP contribution in [0.5, 0.6) is 17.2 Å². The number of carbonyl (C=O) groups is 3. The number of likely N-dealkylation sites (tertiary alicyclic amines) is 1. The van der Waals surface area contributed by atoms with Crippen molar-refractivity contribution in [1.82, 2.24) is 25.1 Å². The van der Waals surface area contributed by atoms with Gasteiger partial charge in [0.1, 0.15) is 23.4 Å². The number of hydrogen-bond acceptors (Lipinski definition) is 7. The molecule has 3 aromatic carbocycles. The van der Waals surface area contributed by atoms with Crippen molar-refractivity contribution in [3.05, 3.63) is 96.1 Å². The van der Waals surface area contributed by atoms with Crippen LogP contribution < -0.4 is 24.8 Å². The highest BCUT2D eigenvalue weighted by Gasteiger charge is 2.35. The second-order valence-electron chi connectivity index (χ2n) is 10.8. The molecule has 2 N–H and O–H groups in total. The second-order valence-corrected chi connectivity index (χ2v) is 10.8. The van der Waals surface area contributed by atoms with E-state index in [4.69, 9.17) is 14.2 Å². The number of benzene rings is 3. The Balaban J connectivity index is 1.34. The van der Waals surface area contributed by atoms with Crippen LogP contribution in [0, 0.1) is 0 Å². The fourth-order valence-corrected chi connectivity index (χ4v) is 5.45. The lowest BCUT2D eigenvalue weighted by atomic mass is 9.99. The van der Waals surface area contributed by atoms with Crippen LogP contribution in [-0.2, 0) is 18.4 Å². The molecule has 7 rings (SSSR count). The first-order valence-corrected chi connectivity index (χ1v) is 14.4. The third-order valence-corrected chi connectivity index (χ3v) is 7.84. The summed E-state index contributed by atoms with van der Waals surface area (Å²) in [5.74, 6) is 1.26. The van der Waals surface area contributed by atoms with Gasteiger partial charge in [-0.2, -0.15) is 0 Å². The zero-order valence-electron chi connectivity index (χ0n) is 24.5. The van der Waals surface area contributed by atoms with E-state index in [-0.39, 0.29) is 30.9 Å². The van der Waals surface area contributed by atoms with Crippen LogP contribution in [0.2, 0.25) is 0 Å². The molecule has 0 aliphatic carbocycles. The molecule has 4 heterocycles. The molecule has 44 heavy (non-hydrogen) atoms. The van der Waals surface area contributed by atoms with Crippen LogP contribution in [0.4, 0.5) is 0 Å². The molecule has 4 aromatic rings. The lowest BCUT2D eigenvalue weighted by Crippen LogP contribution is -2.58. The summed E-state index contributed by atoms with van der Waals surface area (Å²) in [6.45, 7) is 0.873. The zero-order chi connectivity index (χ0) is 30.6. The van der Waals surface area contributed by atoms with E-state index in [9.17, 15) is 14.4 Å². The van der Waals surface area contributed by atoms with Gasteiger partial charge in [0.15, 0.2) is 12.4 Å². The highest BCUT2D eigenvalue weighted by Crippen LogP contribution is 2.33. The van der Waals surface area contributed by atoms with Crippen molar-refractivity contribution in [2.45, 2.75) is 25.1 Å². The van der Waals surface area contributed by atoms with E-state index in [2.05, 4.69) is 15.6 Å². The summed E-state index contributed by atoms with van der Waals surface area (Å²) < 4.78 is 19.4. The SMILES string of the molecule is COc1ccc2cc1-c1cccc(c1)OCC(=O)NCc1ccc(cc1)O[C@@H]1CCN(C(=O)c3nccn3C)C[C@H]1NC2=O. The molecule has 3 aliphatic rings. The Morgan fingerprint density at radius 1 is 1.02 bits per heavy atom. The maximum atomic E-state index is 13.8. The molecule has 3 aliphatic heterocycles. The number of ether oxygens (including phenoxy) is 3. The molecule has 2 atom stereocenters. The topological polar surface area (TPSA) is 124 Å². The van der Waals surface area contributed by atoms with Gasteiger partial charge in [0.25, 0.3) is 17.7 Å². The van der Waals surface area contributed by atoms with E-state index < -0.39 is 12.1 Å². The molecule has 0 radical (unpaired) electrons.